The lowest BCUT2D eigenvalue weighted by atomic mass is 9.91. The second-order valence-electron chi connectivity index (χ2n) is 6.60. The average Bonchev–Trinajstić information content (AvgIpc) is 2.93. The molecule has 0 N–H and O–H groups in total. The lowest BCUT2D eigenvalue weighted by molar-refractivity contribution is 0.400. The fourth-order valence-corrected chi connectivity index (χ4v) is 5.62. The summed E-state index contributed by atoms with van der Waals surface area (Å²) in [6.07, 6.45) is 17.8. The van der Waals surface area contributed by atoms with E-state index >= 15 is 0 Å². The Kier molecular flexibility index (Phi) is 10.2. The molecule has 0 spiro atoms. The first kappa shape index (κ1) is 17.5. The van der Waals surface area contributed by atoms with Crippen molar-refractivity contribution in [1.29, 1.82) is 0 Å². The standard InChI is InChI=1S/C18H37P/c1-4-10-17(6-3)18(19-15-5-2)14-9-13-16-11-7-8-12-16/h16-19H,4-15H2,1-3H3/t17?,18-/m0/s1. The molecule has 0 heterocycles. The van der Waals surface area contributed by atoms with Crippen LogP contribution in [-0.4, -0.2) is 11.8 Å². The molecule has 0 aliphatic heterocycles. The third-order valence-electron chi connectivity index (χ3n) is 5.01. The zero-order chi connectivity index (χ0) is 13.9. The van der Waals surface area contributed by atoms with E-state index in [-0.39, 0.29) is 0 Å². The zero-order valence-corrected chi connectivity index (χ0v) is 14.7. The van der Waals surface area contributed by atoms with Crippen molar-refractivity contribution in [3.8, 4) is 0 Å². The molecular weight excluding hydrogens is 247 g/mol. The van der Waals surface area contributed by atoms with Crippen LogP contribution >= 0.6 is 8.58 Å². The highest BCUT2D eigenvalue weighted by Gasteiger charge is 2.20. The van der Waals surface area contributed by atoms with Crippen molar-refractivity contribution < 1.29 is 0 Å². The molecule has 0 bridgehead atoms. The van der Waals surface area contributed by atoms with E-state index in [1.165, 1.54) is 85.4 Å². The van der Waals surface area contributed by atoms with Gasteiger partial charge in [-0.05, 0) is 30.1 Å². The van der Waals surface area contributed by atoms with E-state index in [2.05, 4.69) is 20.8 Å². The molecule has 1 heteroatoms. The Morgan fingerprint density at radius 2 is 1.74 bits per heavy atom. The first-order valence-electron chi connectivity index (χ1n) is 9.05. The van der Waals surface area contributed by atoms with E-state index in [1.807, 2.05) is 0 Å². The van der Waals surface area contributed by atoms with Crippen LogP contribution in [0.15, 0.2) is 0 Å². The minimum absolute atomic E-state index is 1.03. The fourth-order valence-electron chi connectivity index (χ4n) is 3.82. The van der Waals surface area contributed by atoms with Crippen LogP contribution in [0.5, 0.6) is 0 Å². The van der Waals surface area contributed by atoms with Crippen molar-refractivity contribution in [1.82, 2.24) is 0 Å². The number of hydrogen-bond donors (Lipinski definition) is 0. The Labute approximate surface area is 124 Å². The van der Waals surface area contributed by atoms with Gasteiger partial charge in [-0.25, -0.2) is 0 Å². The third-order valence-corrected chi connectivity index (χ3v) is 7.08. The molecule has 0 aromatic rings. The van der Waals surface area contributed by atoms with E-state index in [1.54, 1.807) is 0 Å². The van der Waals surface area contributed by atoms with Crippen LogP contribution in [0, 0.1) is 11.8 Å². The number of rotatable bonds is 11. The first-order chi connectivity index (χ1) is 9.31. The predicted octanol–water partition coefficient (Wildman–Crippen LogP) is 6.63. The molecule has 3 atom stereocenters. The molecule has 1 rings (SSSR count). The van der Waals surface area contributed by atoms with E-state index in [4.69, 9.17) is 0 Å². The smallest absolute Gasteiger partial charge is 0.0208 e. The first-order valence-corrected chi connectivity index (χ1v) is 10.3. The van der Waals surface area contributed by atoms with Gasteiger partial charge in [-0.15, -0.1) is 8.58 Å². The minimum atomic E-state index is 1.03. The molecule has 19 heavy (non-hydrogen) atoms. The summed E-state index contributed by atoms with van der Waals surface area (Å²) in [6.45, 7) is 7.13. The fraction of sp³-hybridized carbons (Fsp3) is 1.00. The zero-order valence-electron chi connectivity index (χ0n) is 13.7. The molecule has 0 nitrogen and oxygen atoms in total. The van der Waals surface area contributed by atoms with Gasteiger partial charge in [0.25, 0.3) is 0 Å². The summed E-state index contributed by atoms with van der Waals surface area (Å²) in [5, 5.41) is 0. The topological polar surface area (TPSA) is 0 Å². The van der Waals surface area contributed by atoms with Crippen LogP contribution in [-0.2, 0) is 0 Å². The molecule has 0 saturated heterocycles. The van der Waals surface area contributed by atoms with Gasteiger partial charge in [0.1, 0.15) is 0 Å². The van der Waals surface area contributed by atoms with E-state index in [0.717, 1.165) is 17.5 Å². The van der Waals surface area contributed by atoms with Crippen molar-refractivity contribution in [2.45, 2.75) is 97.1 Å². The van der Waals surface area contributed by atoms with Crippen LogP contribution in [0.4, 0.5) is 0 Å². The second kappa shape index (κ2) is 11.1. The lowest BCUT2D eigenvalue weighted by Gasteiger charge is -2.26. The summed E-state index contributed by atoms with van der Waals surface area (Å²) >= 11 is 0. The molecule has 1 aliphatic rings. The van der Waals surface area contributed by atoms with E-state index < -0.39 is 0 Å². The highest BCUT2D eigenvalue weighted by Crippen LogP contribution is 2.36. The van der Waals surface area contributed by atoms with Crippen LogP contribution in [0.2, 0.25) is 0 Å². The Morgan fingerprint density at radius 3 is 2.32 bits per heavy atom. The molecule has 0 amide bonds. The molecule has 1 saturated carbocycles. The van der Waals surface area contributed by atoms with Crippen molar-refractivity contribution in [3.63, 3.8) is 0 Å². The maximum absolute atomic E-state index is 2.42. The van der Waals surface area contributed by atoms with Crippen LogP contribution in [0.25, 0.3) is 0 Å². The van der Waals surface area contributed by atoms with Crippen molar-refractivity contribution in [3.05, 3.63) is 0 Å². The Balaban J connectivity index is 2.29. The van der Waals surface area contributed by atoms with Gasteiger partial charge >= 0.3 is 0 Å². The van der Waals surface area contributed by atoms with Crippen LogP contribution < -0.4 is 0 Å². The molecule has 114 valence electrons. The summed E-state index contributed by atoms with van der Waals surface area (Å²) in [7, 11) is 1.24. The minimum Gasteiger partial charge on any atom is -0.119 e. The van der Waals surface area contributed by atoms with Crippen molar-refractivity contribution in [2.75, 3.05) is 6.16 Å². The molecule has 1 fully saturated rings. The summed E-state index contributed by atoms with van der Waals surface area (Å²) in [4.78, 5) is 0. The largest absolute Gasteiger partial charge is 0.119 e. The molecular formula is C18H37P. The summed E-state index contributed by atoms with van der Waals surface area (Å²) < 4.78 is 0. The van der Waals surface area contributed by atoms with Crippen molar-refractivity contribution >= 4 is 8.58 Å². The molecule has 2 unspecified atom stereocenters. The van der Waals surface area contributed by atoms with Crippen LogP contribution in [0.3, 0.4) is 0 Å². The number of hydrogen-bond acceptors (Lipinski definition) is 0. The van der Waals surface area contributed by atoms with E-state index in [0.29, 0.717) is 0 Å². The van der Waals surface area contributed by atoms with Gasteiger partial charge < -0.3 is 0 Å². The van der Waals surface area contributed by atoms with Crippen molar-refractivity contribution in [2.24, 2.45) is 11.8 Å². The Morgan fingerprint density at radius 1 is 1.00 bits per heavy atom. The van der Waals surface area contributed by atoms with Gasteiger partial charge in [0.15, 0.2) is 0 Å². The van der Waals surface area contributed by atoms with Gasteiger partial charge in [0, 0.05) is 0 Å². The third kappa shape index (κ3) is 7.12. The molecule has 1 aliphatic carbocycles. The summed E-state index contributed by atoms with van der Waals surface area (Å²) in [5.74, 6) is 2.12. The average molecular weight is 284 g/mol. The molecule has 0 aromatic heterocycles. The maximum atomic E-state index is 2.42. The molecule has 0 radical (unpaired) electrons. The summed E-state index contributed by atoms with van der Waals surface area (Å²) in [6, 6.07) is 0. The van der Waals surface area contributed by atoms with Crippen LogP contribution in [0.1, 0.15) is 91.4 Å². The summed E-state index contributed by atoms with van der Waals surface area (Å²) in [5.41, 5.74) is 1.06. The highest BCUT2D eigenvalue weighted by atomic mass is 31.1. The monoisotopic (exact) mass is 284 g/mol. The van der Waals surface area contributed by atoms with Gasteiger partial charge in [-0.2, -0.15) is 0 Å². The Bertz CT molecular complexity index is 196. The van der Waals surface area contributed by atoms with Gasteiger partial charge in [-0.3, -0.25) is 0 Å². The van der Waals surface area contributed by atoms with E-state index in [9.17, 15) is 0 Å². The van der Waals surface area contributed by atoms with Gasteiger partial charge in [0.05, 0.1) is 0 Å². The maximum Gasteiger partial charge on any atom is -0.0208 e. The highest BCUT2D eigenvalue weighted by molar-refractivity contribution is 7.38. The SMILES string of the molecule is CCCP[C@@H](CCCC1CCCC1)C(CC)CCC. The normalized spacial score (nSPS) is 20.4. The predicted molar refractivity (Wildman–Crippen MR) is 91.8 cm³/mol. The lowest BCUT2D eigenvalue weighted by Crippen LogP contribution is -2.16. The Hall–Kier alpha value is 0.430. The van der Waals surface area contributed by atoms with Gasteiger partial charge in [0.2, 0.25) is 0 Å². The second-order valence-corrected chi connectivity index (χ2v) is 8.25. The van der Waals surface area contributed by atoms with Gasteiger partial charge in [-0.1, -0.05) is 85.0 Å². The molecule has 0 aromatic carbocycles. The quantitative estimate of drug-likeness (QED) is 0.373.